The Morgan fingerprint density at radius 1 is 1.43 bits per heavy atom. The van der Waals surface area contributed by atoms with Gasteiger partial charge in [-0.3, -0.25) is 0 Å². The van der Waals surface area contributed by atoms with Crippen molar-refractivity contribution in [2.24, 2.45) is 5.92 Å². The van der Waals surface area contributed by atoms with Gasteiger partial charge in [0.15, 0.2) is 0 Å². The highest BCUT2D eigenvalue weighted by atomic mass is 32.1. The molecule has 78 valence electrons. The Kier molecular flexibility index (Phi) is 2.88. The van der Waals surface area contributed by atoms with Gasteiger partial charge in [0.1, 0.15) is 5.60 Å². The first-order chi connectivity index (χ1) is 6.71. The van der Waals surface area contributed by atoms with Crippen LogP contribution in [0, 0.1) is 5.92 Å². The van der Waals surface area contributed by atoms with Gasteiger partial charge in [-0.2, -0.15) is 4.37 Å². The monoisotopic (exact) mass is 211 g/mol. The highest BCUT2D eigenvalue weighted by Crippen LogP contribution is 2.38. The van der Waals surface area contributed by atoms with Crippen LogP contribution in [0.25, 0.3) is 0 Å². The van der Waals surface area contributed by atoms with Crippen LogP contribution in [0.2, 0.25) is 0 Å². The molecule has 1 aliphatic carbocycles. The van der Waals surface area contributed by atoms with E-state index < -0.39 is 5.60 Å². The van der Waals surface area contributed by atoms with E-state index in [0.29, 0.717) is 5.92 Å². The predicted molar refractivity (Wildman–Crippen MR) is 58.3 cm³/mol. The third-order valence-corrected chi connectivity index (χ3v) is 3.92. The summed E-state index contributed by atoms with van der Waals surface area (Å²) < 4.78 is 4.25. The molecule has 0 bridgehead atoms. The van der Waals surface area contributed by atoms with Crippen molar-refractivity contribution in [3.05, 3.63) is 17.1 Å². The largest absolute Gasteiger partial charge is 0.384 e. The Hall–Kier alpha value is -0.410. The Bertz CT molecular complexity index is 275. The molecule has 0 amide bonds. The van der Waals surface area contributed by atoms with Gasteiger partial charge in [-0.25, -0.2) is 0 Å². The zero-order chi connectivity index (χ0) is 10.0. The molecule has 1 saturated carbocycles. The van der Waals surface area contributed by atoms with Gasteiger partial charge in [-0.15, -0.1) is 0 Å². The fraction of sp³-hybridized carbons (Fsp3) is 0.727. The van der Waals surface area contributed by atoms with E-state index in [9.17, 15) is 5.11 Å². The highest BCUT2D eigenvalue weighted by Gasteiger charge is 2.35. The molecule has 0 aromatic carbocycles. The lowest BCUT2D eigenvalue weighted by molar-refractivity contribution is -0.0244. The van der Waals surface area contributed by atoms with Crippen LogP contribution in [0.3, 0.4) is 0 Å². The summed E-state index contributed by atoms with van der Waals surface area (Å²) in [4.78, 5) is 0. The number of nitrogens with zero attached hydrogens (tertiary/aromatic N) is 1. The first kappa shape index (κ1) is 10.1. The van der Waals surface area contributed by atoms with Gasteiger partial charge in [0, 0.05) is 5.38 Å². The van der Waals surface area contributed by atoms with E-state index in [4.69, 9.17) is 0 Å². The van der Waals surface area contributed by atoms with Gasteiger partial charge in [0.25, 0.3) is 0 Å². The van der Waals surface area contributed by atoms with Crippen LogP contribution in [0.15, 0.2) is 11.4 Å². The van der Waals surface area contributed by atoms with Crippen LogP contribution >= 0.6 is 11.5 Å². The predicted octanol–water partition coefficient (Wildman–Crippen LogP) is 2.93. The maximum absolute atomic E-state index is 10.4. The third-order valence-electron chi connectivity index (χ3n) is 3.36. The SMILES string of the molecule is CC(O)(c1ccsn1)C1CCCCC1. The summed E-state index contributed by atoms with van der Waals surface area (Å²) in [6.45, 7) is 1.91. The lowest BCUT2D eigenvalue weighted by Gasteiger charge is -2.34. The number of aromatic nitrogens is 1. The van der Waals surface area contributed by atoms with Crippen LogP contribution in [-0.2, 0) is 5.60 Å². The molecule has 2 nitrogen and oxygen atoms in total. The quantitative estimate of drug-likeness (QED) is 0.816. The van der Waals surface area contributed by atoms with E-state index in [-0.39, 0.29) is 0 Å². The molecule has 1 heterocycles. The molecule has 1 atom stereocenters. The molecule has 1 N–H and O–H groups in total. The highest BCUT2D eigenvalue weighted by molar-refractivity contribution is 7.03. The summed E-state index contributed by atoms with van der Waals surface area (Å²) >= 11 is 1.42. The first-order valence-electron chi connectivity index (χ1n) is 5.34. The van der Waals surface area contributed by atoms with E-state index >= 15 is 0 Å². The lowest BCUT2D eigenvalue weighted by Crippen LogP contribution is -2.33. The normalized spacial score (nSPS) is 23.3. The van der Waals surface area contributed by atoms with Crippen molar-refractivity contribution in [3.63, 3.8) is 0 Å². The Morgan fingerprint density at radius 2 is 2.14 bits per heavy atom. The second kappa shape index (κ2) is 3.99. The van der Waals surface area contributed by atoms with Crippen molar-refractivity contribution in [1.29, 1.82) is 0 Å². The number of hydrogen-bond donors (Lipinski definition) is 1. The van der Waals surface area contributed by atoms with E-state index in [1.54, 1.807) is 0 Å². The summed E-state index contributed by atoms with van der Waals surface area (Å²) in [5, 5.41) is 12.4. The zero-order valence-corrected chi connectivity index (χ0v) is 9.39. The molecular weight excluding hydrogens is 194 g/mol. The van der Waals surface area contributed by atoms with Gasteiger partial charge in [-0.05, 0) is 43.3 Å². The summed E-state index contributed by atoms with van der Waals surface area (Å²) in [6.07, 6.45) is 6.12. The van der Waals surface area contributed by atoms with Crippen molar-refractivity contribution >= 4 is 11.5 Å². The average Bonchev–Trinajstić information content (AvgIpc) is 2.72. The van der Waals surface area contributed by atoms with Gasteiger partial charge in [0.2, 0.25) is 0 Å². The Labute approximate surface area is 89.1 Å². The minimum Gasteiger partial charge on any atom is -0.384 e. The second-order valence-electron chi connectivity index (χ2n) is 4.37. The van der Waals surface area contributed by atoms with E-state index in [2.05, 4.69) is 4.37 Å². The average molecular weight is 211 g/mol. The van der Waals surface area contributed by atoms with Gasteiger partial charge >= 0.3 is 0 Å². The summed E-state index contributed by atoms with van der Waals surface area (Å²) in [6, 6.07) is 1.94. The second-order valence-corrected chi connectivity index (χ2v) is 5.03. The molecule has 1 fully saturated rings. The van der Waals surface area contributed by atoms with Gasteiger partial charge in [-0.1, -0.05) is 19.3 Å². The van der Waals surface area contributed by atoms with E-state index in [1.807, 2.05) is 18.4 Å². The fourth-order valence-corrected chi connectivity index (χ4v) is 2.96. The topological polar surface area (TPSA) is 33.1 Å². The molecule has 1 unspecified atom stereocenters. The molecule has 3 heteroatoms. The Balaban J connectivity index is 2.14. The van der Waals surface area contributed by atoms with Gasteiger partial charge in [0.05, 0.1) is 5.69 Å². The zero-order valence-electron chi connectivity index (χ0n) is 8.57. The molecule has 0 radical (unpaired) electrons. The standard InChI is InChI=1S/C11H17NOS/c1-11(13,10-7-8-14-12-10)9-5-3-2-4-6-9/h7-9,13H,2-6H2,1H3. The molecule has 1 aliphatic rings. The van der Waals surface area contributed by atoms with Crippen LogP contribution in [0.5, 0.6) is 0 Å². The third kappa shape index (κ3) is 1.84. The maximum atomic E-state index is 10.4. The molecule has 1 aromatic heterocycles. The van der Waals surface area contributed by atoms with E-state index in [1.165, 1.54) is 30.8 Å². The number of rotatable bonds is 2. The molecule has 0 saturated heterocycles. The van der Waals surface area contributed by atoms with E-state index in [0.717, 1.165) is 18.5 Å². The van der Waals surface area contributed by atoms with Crippen molar-refractivity contribution in [1.82, 2.24) is 4.37 Å². The van der Waals surface area contributed by atoms with Crippen LogP contribution in [0.4, 0.5) is 0 Å². The summed E-state index contributed by atoms with van der Waals surface area (Å²) in [5.41, 5.74) is 0.148. The molecule has 0 spiro atoms. The van der Waals surface area contributed by atoms with Crippen molar-refractivity contribution in [3.8, 4) is 0 Å². The van der Waals surface area contributed by atoms with Crippen molar-refractivity contribution in [2.45, 2.75) is 44.6 Å². The summed E-state index contributed by atoms with van der Waals surface area (Å²) in [7, 11) is 0. The number of aliphatic hydroxyl groups is 1. The van der Waals surface area contributed by atoms with Crippen molar-refractivity contribution < 1.29 is 5.11 Å². The first-order valence-corrected chi connectivity index (χ1v) is 6.18. The summed E-state index contributed by atoms with van der Waals surface area (Å²) in [5.74, 6) is 0.401. The minimum absolute atomic E-state index is 0.401. The number of hydrogen-bond acceptors (Lipinski definition) is 3. The van der Waals surface area contributed by atoms with Gasteiger partial charge < -0.3 is 5.11 Å². The minimum atomic E-state index is -0.708. The van der Waals surface area contributed by atoms with Crippen LogP contribution in [0.1, 0.15) is 44.7 Å². The molecule has 14 heavy (non-hydrogen) atoms. The smallest absolute Gasteiger partial charge is 0.108 e. The van der Waals surface area contributed by atoms with Crippen LogP contribution < -0.4 is 0 Å². The van der Waals surface area contributed by atoms with Crippen LogP contribution in [-0.4, -0.2) is 9.48 Å². The molecule has 2 rings (SSSR count). The maximum Gasteiger partial charge on any atom is 0.108 e. The lowest BCUT2D eigenvalue weighted by atomic mass is 9.76. The fourth-order valence-electron chi connectivity index (χ4n) is 2.35. The molecule has 1 aromatic rings. The molecular formula is C11H17NOS. The van der Waals surface area contributed by atoms with Crippen molar-refractivity contribution in [2.75, 3.05) is 0 Å². The molecule has 0 aliphatic heterocycles. The Morgan fingerprint density at radius 3 is 2.71 bits per heavy atom.